The van der Waals surface area contributed by atoms with Crippen LogP contribution in [0.2, 0.25) is 0 Å². The molecule has 3 rings (SSSR count). The molecular weight excluding hydrogens is 358 g/mol. The molecule has 0 saturated heterocycles. The predicted molar refractivity (Wildman–Crippen MR) is 106 cm³/mol. The molecule has 2 aromatic rings. The summed E-state index contributed by atoms with van der Waals surface area (Å²) in [6.07, 6.45) is 3.27. The molecule has 0 aliphatic carbocycles. The molecule has 1 aliphatic heterocycles. The standard InChI is InChI=1S/C21H23N3O4/c1-23(2)10-4-7-20(27)22-18-6-3-5-14-12-24(13-17(14)18)21(28)16-9-8-15(25)11-19(16)26/h3-9,11,25-26H,10,12-13H2,1-2H3,(H,22,27)/b7-4+. The van der Waals surface area contributed by atoms with Crippen molar-refractivity contribution in [1.82, 2.24) is 9.80 Å². The number of carbonyl (C=O) groups excluding carboxylic acids is 2. The number of aromatic hydroxyl groups is 2. The van der Waals surface area contributed by atoms with Crippen molar-refractivity contribution in [3.63, 3.8) is 0 Å². The number of anilines is 1. The number of likely N-dealkylation sites (N-methyl/N-ethyl adjacent to an activating group) is 1. The van der Waals surface area contributed by atoms with Gasteiger partial charge in [-0.2, -0.15) is 0 Å². The molecule has 1 aliphatic rings. The van der Waals surface area contributed by atoms with Crippen molar-refractivity contribution in [2.24, 2.45) is 0 Å². The summed E-state index contributed by atoms with van der Waals surface area (Å²) in [6, 6.07) is 9.46. The smallest absolute Gasteiger partial charge is 0.258 e. The van der Waals surface area contributed by atoms with Crippen molar-refractivity contribution in [2.45, 2.75) is 13.1 Å². The third-order valence-corrected chi connectivity index (χ3v) is 4.48. The number of nitrogens with one attached hydrogen (secondary N) is 1. The minimum absolute atomic E-state index is 0.105. The van der Waals surface area contributed by atoms with E-state index in [0.29, 0.717) is 25.3 Å². The van der Waals surface area contributed by atoms with Crippen LogP contribution in [0.1, 0.15) is 21.5 Å². The van der Waals surface area contributed by atoms with Gasteiger partial charge in [0.15, 0.2) is 0 Å². The number of benzene rings is 2. The van der Waals surface area contributed by atoms with Gasteiger partial charge < -0.3 is 25.3 Å². The molecule has 2 amide bonds. The zero-order valence-electron chi connectivity index (χ0n) is 15.8. The number of hydrogen-bond donors (Lipinski definition) is 3. The Hall–Kier alpha value is -3.32. The molecular formula is C21H23N3O4. The van der Waals surface area contributed by atoms with Crippen molar-refractivity contribution in [3.05, 3.63) is 65.2 Å². The molecule has 0 spiro atoms. The normalized spacial score (nSPS) is 13.2. The molecule has 3 N–H and O–H groups in total. The van der Waals surface area contributed by atoms with Gasteiger partial charge in [-0.1, -0.05) is 18.2 Å². The second-order valence-electron chi connectivity index (χ2n) is 6.96. The number of carbonyl (C=O) groups is 2. The predicted octanol–water partition coefficient (Wildman–Crippen LogP) is 2.31. The Bertz CT molecular complexity index is 937. The summed E-state index contributed by atoms with van der Waals surface area (Å²) in [4.78, 5) is 28.5. The first-order chi connectivity index (χ1) is 13.3. The summed E-state index contributed by atoms with van der Waals surface area (Å²) in [5, 5.41) is 22.2. The summed E-state index contributed by atoms with van der Waals surface area (Å²) < 4.78 is 0. The summed E-state index contributed by atoms with van der Waals surface area (Å²) in [6.45, 7) is 1.37. The molecule has 0 radical (unpaired) electrons. The van der Waals surface area contributed by atoms with Gasteiger partial charge in [-0.15, -0.1) is 0 Å². The number of nitrogens with zero attached hydrogens (tertiary/aromatic N) is 2. The molecule has 7 nitrogen and oxygen atoms in total. The van der Waals surface area contributed by atoms with E-state index in [-0.39, 0.29) is 28.9 Å². The number of phenols is 2. The summed E-state index contributed by atoms with van der Waals surface area (Å²) in [7, 11) is 3.84. The Balaban J connectivity index is 1.74. The van der Waals surface area contributed by atoms with E-state index in [2.05, 4.69) is 5.32 Å². The molecule has 0 bridgehead atoms. The van der Waals surface area contributed by atoms with Crippen molar-refractivity contribution in [3.8, 4) is 11.5 Å². The van der Waals surface area contributed by atoms with Crippen molar-refractivity contribution in [1.29, 1.82) is 0 Å². The largest absolute Gasteiger partial charge is 0.508 e. The topological polar surface area (TPSA) is 93.1 Å². The van der Waals surface area contributed by atoms with Crippen LogP contribution in [0.3, 0.4) is 0 Å². The molecule has 2 aromatic carbocycles. The van der Waals surface area contributed by atoms with Crippen LogP contribution >= 0.6 is 0 Å². The third-order valence-electron chi connectivity index (χ3n) is 4.48. The lowest BCUT2D eigenvalue weighted by Gasteiger charge is -2.16. The van der Waals surface area contributed by atoms with Crippen LogP contribution in [0.25, 0.3) is 0 Å². The van der Waals surface area contributed by atoms with Crippen LogP contribution in [-0.4, -0.2) is 52.5 Å². The highest BCUT2D eigenvalue weighted by Crippen LogP contribution is 2.32. The Morgan fingerprint density at radius 1 is 1.18 bits per heavy atom. The summed E-state index contributed by atoms with van der Waals surface area (Å²) >= 11 is 0. The average Bonchev–Trinajstić information content (AvgIpc) is 3.06. The van der Waals surface area contributed by atoms with Crippen LogP contribution in [0.4, 0.5) is 5.69 Å². The molecule has 146 valence electrons. The van der Waals surface area contributed by atoms with E-state index in [1.165, 1.54) is 18.2 Å². The monoisotopic (exact) mass is 381 g/mol. The summed E-state index contributed by atoms with van der Waals surface area (Å²) in [5.41, 5.74) is 2.62. The van der Waals surface area contributed by atoms with Crippen LogP contribution in [-0.2, 0) is 17.9 Å². The minimum Gasteiger partial charge on any atom is -0.508 e. The van der Waals surface area contributed by atoms with E-state index in [4.69, 9.17) is 0 Å². The molecule has 1 heterocycles. The molecule has 0 fully saturated rings. The maximum Gasteiger partial charge on any atom is 0.258 e. The van der Waals surface area contributed by atoms with E-state index < -0.39 is 0 Å². The average molecular weight is 381 g/mol. The summed E-state index contributed by atoms with van der Waals surface area (Å²) in [5.74, 6) is -0.931. The van der Waals surface area contributed by atoms with Crippen LogP contribution in [0.5, 0.6) is 11.5 Å². The molecule has 28 heavy (non-hydrogen) atoms. The number of phenolic OH excluding ortho intramolecular Hbond substituents is 2. The van der Waals surface area contributed by atoms with Gasteiger partial charge in [-0.3, -0.25) is 9.59 Å². The van der Waals surface area contributed by atoms with Crippen molar-refractivity contribution >= 4 is 17.5 Å². The van der Waals surface area contributed by atoms with Crippen molar-refractivity contribution < 1.29 is 19.8 Å². The molecule has 7 heteroatoms. The van der Waals surface area contributed by atoms with E-state index in [1.807, 2.05) is 37.2 Å². The number of hydrogen-bond acceptors (Lipinski definition) is 5. The highest BCUT2D eigenvalue weighted by atomic mass is 16.3. The van der Waals surface area contributed by atoms with Crippen LogP contribution in [0, 0.1) is 0 Å². The first-order valence-electron chi connectivity index (χ1n) is 8.89. The minimum atomic E-state index is -0.336. The van der Waals surface area contributed by atoms with Gasteiger partial charge >= 0.3 is 0 Å². The highest BCUT2D eigenvalue weighted by molar-refractivity contribution is 6.00. The van der Waals surface area contributed by atoms with Gasteiger partial charge in [0.1, 0.15) is 11.5 Å². The first-order valence-corrected chi connectivity index (χ1v) is 8.89. The lowest BCUT2D eigenvalue weighted by molar-refractivity contribution is -0.111. The maximum absolute atomic E-state index is 12.8. The van der Waals surface area contributed by atoms with E-state index in [9.17, 15) is 19.8 Å². The fourth-order valence-corrected chi connectivity index (χ4v) is 3.10. The van der Waals surface area contributed by atoms with E-state index >= 15 is 0 Å². The van der Waals surface area contributed by atoms with Gasteiger partial charge in [-0.25, -0.2) is 0 Å². The number of fused-ring (bicyclic) bond motifs is 1. The fourth-order valence-electron chi connectivity index (χ4n) is 3.10. The van der Waals surface area contributed by atoms with Crippen molar-refractivity contribution in [2.75, 3.05) is 26.0 Å². The zero-order valence-corrected chi connectivity index (χ0v) is 15.8. The number of amides is 2. The van der Waals surface area contributed by atoms with E-state index in [1.54, 1.807) is 11.0 Å². The Labute approximate surface area is 163 Å². The molecule has 0 saturated carbocycles. The molecule has 0 aromatic heterocycles. The Morgan fingerprint density at radius 2 is 1.96 bits per heavy atom. The Kier molecular flexibility index (Phi) is 5.65. The third kappa shape index (κ3) is 4.32. The molecule has 0 atom stereocenters. The maximum atomic E-state index is 12.8. The first kappa shape index (κ1) is 19.4. The van der Waals surface area contributed by atoms with Gasteiger partial charge in [0.25, 0.3) is 5.91 Å². The van der Waals surface area contributed by atoms with Gasteiger partial charge in [0.05, 0.1) is 5.56 Å². The molecule has 0 unspecified atom stereocenters. The Morgan fingerprint density at radius 3 is 2.68 bits per heavy atom. The van der Waals surface area contributed by atoms with Crippen LogP contribution in [0.15, 0.2) is 48.6 Å². The van der Waals surface area contributed by atoms with Gasteiger partial charge in [-0.05, 0) is 37.9 Å². The SMILES string of the molecule is CN(C)C/C=C/C(=O)Nc1cccc2c1CN(C(=O)c1ccc(O)cc1O)C2. The fraction of sp³-hybridized carbons (Fsp3) is 0.238. The lowest BCUT2D eigenvalue weighted by Crippen LogP contribution is -2.25. The second-order valence-corrected chi connectivity index (χ2v) is 6.96. The number of rotatable bonds is 5. The second kappa shape index (κ2) is 8.14. The quantitative estimate of drug-likeness (QED) is 0.691. The lowest BCUT2D eigenvalue weighted by atomic mass is 10.1. The van der Waals surface area contributed by atoms with Gasteiger partial charge in [0.2, 0.25) is 5.91 Å². The van der Waals surface area contributed by atoms with E-state index in [0.717, 1.165) is 17.2 Å². The van der Waals surface area contributed by atoms with Crippen LogP contribution < -0.4 is 5.32 Å². The zero-order chi connectivity index (χ0) is 20.3. The highest BCUT2D eigenvalue weighted by Gasteiger charge is 2.28. The van der Waals surface area contributed by atoms with Gasteiger partial charge in [0, 0.05) is 43.0 Å².